The Morgan fingerprint density at radius 1 is 1.05 bits per heavy atom. The minimum absolute atomic E-state index is 0.503. The van der Waals surface area contributed by atoms with Crippen LogP contribution in [0.2, 0.25) is 10.2 Å². The van der Waals surface area contributed by atoms with E-state index in [1.54, 1.807) is 0 Å². The lowest BCUT2D eigenvalue weighted by atomic mass is 10.0. The average molecular weight is 419 g/mol. The maximum absolute atomic E-state index is 6.30. The predicted molar refractivity (Wildman–Crippen MR) is 91.4 cm³/mol. The van der Waals surface area contributed by atoms with Gasteiger partial charge < -0.3 is 0 Å². The fraction of sp³-hybridized carbons (Fsp3) is 0.333. The first-order valence-corrected chi connectivity index (χ1v) is 8.48. The molecule has 1 saturated carbocycles. The summed E-state index contributed by atoms with van der Waals surface area (Å²) in [5.41, 5.74) is 1.92. The van der Waals surface area contributed by atoms with Crippen LogP contribution in [0, 0.1) is 3.57 Å². The molecule has 5 heteroatoms. The third kappa shape index (κ3) is 2.81. The summed E-state index contributed by atoms with van der Waals surface area (Å²) in [6.45, 7) is 0. The number of aromatic nitrogens is 2. The van der Waals surface area contributed by atoms with Gasteiger partial charge in [0.15, 0.2) is 5.82 Å². The Labute approximate surface area is 142 Å². The normalized spacial score (nSPS) is 15.8. The van der Waals surface area contributed by atoms with Crippen molar-refractivity contribution < 1.29 is 0 Å². The van der Waals surface area contributed by atoms with Gasteiger partial charge in [-0.05, 0) is 47.6 Å². The van der Waals surface area contributed by atoms with Crippen LogP contribution in [0.25, 0.3) is 11.4 Å². The number of hydrogen-bond acceptors (Lipinski definition) is 2. The average Bonchev–Trinajstić information content (AvgIpc) is 2.96. The first-order chi connectivity index (χ1) is 9.66. The highest BCUT2D eigenvalue weighted by Gasteiger charge is 2.24. The summed E-state index contributed by atoms with van der Waals surface area (Å²) in [7, 11) is 0. The maximum Gasteiger partial charge on any atom is 0.162 e. The Hall–Kier alpha value is -0.390. The second-order valence-corrected chi connectivity index (χ2v) is 6.84. The molecule has 0 atom stereocenters. The molecule has 0 unspecified atom stereocenters. The van der Waals surface area contributed by atoms with Crippen LogP contribution in [-0.4, -0.2) is 9.97 Å². The molecule has 0 aliphatic heterocycles. The van der Waals surface area contributed by atoms with Gasteiger partial charge >= 0.3 is 0 Å². The van der Waals surface area contributed by atoms with Crippen molar-refractivity contribution in [3.63, 3.8) is 0 Å². The van der Waals surface area contributed by atoms with Crippen molar-refractivity contribution in [3.8, 4) is 11.4 Å². The highest BCUT2D eigenvalue weighted by molar-refractivity contribution is 14.1. The highest BCUT2D eigenvalue weighted by Crippen LogP contribution is 2.38. The van der Waals surface area contributed by atoms with E-state index < -0.39 is 0 Å². The van der Waals surface area contributed by atoms with Gasteiger partial charge in [0.05, 0.1) is 14.3 Å². The van der Waals surface area contributed by atoms with E-state index in [0.717, 1.165) is 14.8 Å². The number of hydrogen-bond donors (Lipinski definition) is 0. The second-order valence-electron chi connectivity index (χ2n) is 5.00. The highest BCUT2D eigenvalue weighted by atomic mass is 127. The minimum atomic E-state index is 0.503. The SMILES string of the molecule is Clc1ccccc1-c1nc(Cl)c(I)c(C2CCCC2)n1. The molecule has 0 bridgehead atoms. The molecule has 1 aromatic carbocycles. The molecule has 3 rings (SSSR count). The minimum Gasteiger partial charge on any atom is -0.232 e. The summed E-state index contributed by atoms with van der Waals surface area (Å²) in [6.07, 6.45) is 4.91. The Bertz CT molecular complexity index is 640. The zero-order valence-corrected chi connectivity index (χ0v) is 14.4. The van der Waals surface area contributed by atoms with Crippen LogP contribution in [-0.2, 0) is 0 Å². The molecule has 1 aliphatic rings. The fourth-order valence-electron chi connectivity index (χ4n) is 2.67. The molecule has 104 valence electrons. The maximum atomic E-state index is 6.30. The third-order valence-corrected chi connectivity index (χ3v) is 5.68. The monoisotopic (exact) mass is 418 g/mol. The van der Waals surface area contributed by atoms with Crippen LogP contribution in [0.4, 0.5) is 0 Å². The van der Waals surface area contributed by atoms with Crippen molar-refractivity contribution in [2.75, 3.05) is 0 Å². The van der Waals surface area contributed by atoms with E-state index in [1.165, 1.54) is 25.7 Å². The van der Waals surface area contributed by atoms with Crippen molar-refractivity contribution in [2.24, 2.45) is 0 Å². The van der Waals surface area contributed by atoms with E-state index in [-0.39, 0.29) is 0 Å². The van der Waals surface area contributed by atoms with Crippen LogP contribution in [0.3, 0.4) is 0 Å². The molecule has 0 saturated heterocycles. The van der Waals surface area contributed by atoms with E-state index in [9.17, 15) is 0 Å². The topological polar surface area (TPSA) is 25.8 Å². The Balaban J connectivity index is 2.11. The summed E-state index contributed by atoms with van der Waals surface area (Å²) < 4.78 is 0.979. The molecule has 0 radical (unpaired) electrons. The molecule has 20 heavy (non-hydrogen) atoms. The summed E-state index contributed by atoms with van der Waals surface area (Å²) >= 11 is 14.8. The number of halogens is 3. The molecule has 0 spiro atoms. The lowest BCUT2D eigenvalue weighted by molar-refractivity contribution is 0.690. The van der Waals surface area contributed by atoms with Gasteiger partial charge in [-0.15, -0.1) is 0 Å². The summed E-state index contributed by atoms with van der Waals surface area (Å²) in [6, 6.07) is 7.62. The van der Waals surface area contributed by atoms with Crippen LogP contribution in [0.1, 0.15) is 37.3 Å². The van der Waals surface area contributed by atoms with Gasteiger partial charge in [0.1, 0.15) is 5.15 Å². The first kappa shape index (κ1) is 14.5. The lowest BCUT2D eigenvalue weighted by Gasteiger charge is -2.14. The molecular formula is C15H13Cl2IN2. The van der Waals surface area contributed by atoms with E-state index in [0.29, 0.717) is 21.9 Å². The molecule has 2 aromatic rings. The van der Waals surface area contributed by atoms with Gasteiger partial charge in [-0.2, -0.15) is 0 Å². The first-order valence-electron chi connectivity index (χ1n) is 6.64. The quantitative estimate of drug-likeness (QED) is 0.460. The smallest absolute Gasteiger partial charge is 0.162 e. The zero-order chi connectivity index (χ0) is 14.1. The van der Waals surface area contributed by atoms with E-state index in [2.05, 4.69) is 27.6 Å². The van der Waals surface area contributed by atoms with E-state index in [1.807, 2.05) is 24.3 Å². The van der Waals surface area contributed by atoms with Gasteiger partial charge in [-0.3, -0.25) is 0 Å². The molecule has 1 aromatic heterocycles. The molecular weight excluding hydrogens is 406 g/mol. The molecule has 0 amide bonds. The van der Waals surface area contributed by atoms with Gasteiger partial charge in [0.25, 0.3) is 0 Å². The van der Waals surface area contributed by atoms with Gasteiger partial charge in [0, 0.05) is 11.5 Å². The van der Waals surface area contributed by atoms with Gasteiger partial charge in [-0.25, -0.2) is 9.97 Å². The number of benzene rings is 1. The summed E-state index contributed by atoms with van der Waals surface area (Å²) in [4.78, 5) is 9.16. The largest absolute Gasteiger partial charge is 0.232 e. The summed E-state index contributed by atoms with van der Waals surface area (Å²) in [5.74, 6) is 1.13. The summed E-state index contributed by atoms with van der Waals surface area (Å²) in [5, 5.41) is 1.18. The van der Waals surface area contributed by atoms with Crippen LogP contribution in [0.5, 0.6) is 0 Å². The van der Waals surface area contributed by atoms with Crippen molar-refractivity contribution in [2.45, 2.75) is 31.6 Å². The van der Waals surface area contributed by atoms with Crippen molar-refractivity contribution in [3.05, 3.63) is 43.7 Å². The Kier molecular flexibility index (Phi) is 4.48. The van der Waals surface area contributed by atoms with Crippen molar-refractivity contribution in [1.29, 1.82) is 0 Å². The van der Waals surface area contributed by atoms with Crippen LogP contribution >= 0.6 is 45.8 Å². The number of nitrogens with zero attached hydrogens (tertiary/aromatic N) is 2. The fourth-order valence-corrected chi connectivity index (χ4v) is 3.75. The standard InChI is InChI=1S/C15H13Cl2IN2/c16-11-8-4-3-7-10(11)15-19-13(9-5-1-2-6-9)12(18)14(17)20-15/h3-4,7-9H,1-2,5-6H2. The molecule has 1 heterocycles. The zero-order valence-electron chi connectivity index (χ0n) is 10.7. The Morgan fingerprint density at radius 2 is 1.75 bits per heavy atom. The molecule has 1 fully saturated rings. The van der Waals surface area contributed by atoms with E-state index >= 15 is 0 Å². The molecule has 2 nitrogen and oxygen atoms in total. The van der Waals surface area contributed by atoms with Crippen LogP contribution < -0.4 is 0 Å². The lowest BCUT2D eigenvalue weighted by Crippen LogP contribution is -2.04. The Morgan fingerprint density at radius 3 is 2.45 bits per heavy atom. The van der Waals surface area contributed by atoms with Gasteiger partial charge in [-0.1, -0.05) is 48.2 Å². The van der Waals surface area contributed by atoms with Crippen LogP contribution in [0.15, 0.2) is 24.3 Å². The molecule has 0 N–H and O–H groups in total. The second kappa shape index (κ2) is 6.16. The van der Waals surface area contributed by atoms with Crippen molar-refractivity contribution >= 4 is 45.8 Å². The third-order valence-electron chi connectivity index (χ3n) is 3.69. The van der Waals surface area contributed by atoms with Crippen molar-refractivity contribution in [1.82, 2.24) is 9.97 Å². The number of rotatable bonds is 2. The molecule has 1 aliphatic carbocycles. The van der Waals surface area contributed by atoms with Gasteiger partial charge in [0.2, 0.25) is 0 Å². The van der Waals surface area contributed by atoms with E-state index in [4.69, 9.17) is 28.2 Å². The predicted octanol–water partition coefficient (Wildman–Crippen LogP) is 5.71.